The van der Waals surface area contributed by atoms with Gasteiger partial charge in [0.1, 0.15) is 5.82 Å². The van der Waals surface area contributed by atoms with Gasteiger partial charge in [0.05, 0.1) is 19.7 Å². The molecule has 0 bridgehead atoms. The lowest BCUT2D eigenvalue weighted by molar-refractivity contribution is 0.0630. The molecule has 7 nitrogen and oxygen atoms in total. The summed E-state index contributed by atoms with van der Waals surface area (Å²) in [6, 6.07) is 13.1. The molecule has 4 rings (SSSR count). The third-order valence-corrected chi connectivity index (χ3v) is 4.58. The molecule has 0 unspecified atom stereocenters. The lowest BCUT2D eigenvalue weighted by Crippen LogP contribution is -2.41. The van der Waals surface area contributed by atoms with Gasteiger partial charge in [-0.1, -0.05) is 30.3 Å². The van der Waals surface area contributed by atoms with Crippen LogP contribution in [0.4, 0.5) is 0 Å². The van der Waals surface area contributed by atoms with E-state index in [1.165, 1.54) is 7.11 Å². The molecule has 2 aromatic heterocycles. The van der Waals surface area contributed by atoms with E-state index < -0.39 is 0 Å². The molecule has 132 valence electrons. The summed E-state index contributed by atoms with van der Waals surface area (Å²) in [5.41, 5.74) is 1.53. The van der Waals surface area contributed by atoms with Crippen LogP contribution in [0.3, 0.4) is 0 Å². The quantitative estimate of drug-likeness (QED) is 0.727. The van der Waals surface area contributed by atoms with Gasteiger partial charge in [-0.05, 0) is 13.0 Å². The van der Waals surface area contributed by atoms with Gasteiger partial charge in [-0.2, -0.15) is 5.10 Å². The summed E-state index contributed by atoms with van der Waals surface area (Å²) in [6.45, 7) is 3.17. The van der Waals surface area contributed by atoms with Gasteiger partial charge in [-0.25, -0.2) is 14.6 Å². The zero-order valence-electron chi connectivity index (χ0n) is 14.7. The van der Waals surface area contributed by atoms with Crippen LogP contribution in [-0.2, 0) is 6.54 Å². The van der Waals surface area contributed by atoms with Crippen molar-refractivity contribution in [3.63, 3.8) is 0 Å². The molecular formula is C19H19N5O2. The Balaban J connectivity index is 1.62. The second kappa shape index (κ2) is 6.59. The van der Waals surface area contributed by atoms with Crippen LogP contribution < -0.4 is 4.74 Å². The van der Waals surface area contributed by atoms with Gasteiger partial charge < -0.3 is 9.64 Å². The van der Waals surface area contributed by atoms with Crippen LogP contribution >= 0.6 is 0 Å². The number of rotatable bonds is 3. The molecule has 26 heavy (non-hydrogen) atoms. The minimum atomic E-state index is -0.166. The third-order valence-electron chi connectivity index (χ3n) is 4.58. The van der Waals surface area contributed by atoms with E-state index >= 15 is 0 Å². The van der Waals surface area contributed by atoms with Gasteiger partial charge in [-0.15, -0.1) is 0 Å². The van der Waals surface area contributed by atoms with Gasteiger partial charge >= 0.3 is 0 Å². The van der Waals surface area contributed by atoms with E-state index in [0.717, 1.165) is 11.4 Å². The number of nitrogens with zero attached hydrogens (tertiary/aromatic N) is 5. The molecule has 0 saturated heterocycles. The first-order valence-electron chi connectivity index (χ1n) is 8.48. The first-order valence-corrected chi connectivity index (χ1v) is 8.48. The minimum absolute atomic E-state index is 0.0614. The second-order valence-corrected chi connectivity index (χ2v) is 6.14. The van der Waals surface area contributed by atoms with Crippen LogP contribution in [0.2, 0.25) is 0 Å². The average Bonchev–Trinajstić information content (AvgIpc) is 3.14. The van der Waals surface area contributed by atoms with Gasteiger partial charge in [0, 0.05) is 29.9 Å². The summed E-state index contributed by atoms with van der Waals surface area (Å²) >= 11 is 0. The molecule has 1 aliphatic rings. The van der Waals surface area contributed by atoms with Crippen molar-refractivity contribution in [3.8, 4) is 17.3 Å². The van der Waals surface area contributed by atoms with E-state index in [2.05, 4.69) is 15.1 Å². The number of ether oxygens (including phenoxy) is 1. The summed E-state index contributed by atoms with van der Waals surface area (Å²) in [5.74, 6) is 1.85. The number of carbonyl (C=O) groups excluding carboxylic acids is 1. The summed E-state index contributed by atoms with van der Waals surface area (Å²) < 4.78 is 7.01. The lowest BCUT2D eigenvalue weighted by Gasteiger charge is -2.33. The molecule has 0 spiro atoms. The monoisotopic (exact) mass is 349 g/mol. The normalized spacial score (nSPS) is 16.2. The standard InChI is InChI=1S/C19H19N5O2/c1-13-18-21-17(14-6-4-3-5-7-14)22-24(18)11-10-23(13)19(25)15-8-9-20-16(12-15)26-2/h3-9,12-13H,10-11H2,1-2H3/t13-/m0/s1. The van der Waals surface area contributed by atoms with Gasteiger partial charge in [0.2, 0.25) is 5.88 Å². The molecule has 0 N–H and O–H groups in total. The molecule has 3 aromatic rings. The number of aromatic nitrogens is 4. The first-order chi connectivity index (χ1) is 12.7. The number of hydrogen-bond acceptors (Lipinski definition) is 5. The summed E-state index contributed by atoms with van der Waals surface area (Å²) in [6.07, 6.45) is 1.58. The molecule has 1 amide bonds. The van der Waals surface area contributed by atoms with Crippen molar-refractivity contribution in [2.45, 2.75) is 19.5 Å². The number of methoxy groups -OCH3 is 1. The Labute approximate surface area is 151 Å². The van der Waals surface area contributed by atoms with E-state index in [1.54, 1.807) is 18.3 Å². The number of amides is 1. The Bertz CT molecular complexity index is 938. The largest absolute Gasteiger partial charge is 0.481 e. The van der Waals surface area contributed by atoms with E-state index in [9.17, 15) is 4.79 Å². The van der Waals surface area contributed by atoms with E-state index in [0.29, 0.717) is 30.4 Å². The van der Waals surface area contributed by atoms with E-state index in [1.807, 2.05) is 46.8 Å². The predicted octanol–water partition coefficient (Wildman–Crippen LogP) is 2.57. The van der Waals surface area contributed by atoms with Crippen molar-refractivity contribution in [3.05, 3.63) is 60.0 Å². The Kier molecular flexibility index (Phi) is 4.12. The lowest BCUT2D eigenvalue weighted by atomic mass is 10.1. The molecule has 1 atom stereocenters. The molecular weight excluding hydrogens is 330 g/mol. The van der Waals surface area contributed by atoms with Crippen molar-refractivity contribution in [1.82, 2.24) is 24.6 Å². The van der Waals surface area contributed by atoms with Crippen molar-refractivity contribution in [1.29, 1.82) is 0 Å². The van der Waals surface area contributed by atoms with Crippen molar-refractivity contribution >= 4 is 5.91 Å². The van der Waals surface area contributed by atoms with Gasteiger partial charge in [0.25, 0.3) is 5.91 Å². The maximum absolute atomic E-state index is 13.0. The molecule has 1 aromatic carbocycles. The highest BCUT2D eigenvalue weighted by atomic mass is 16.5. The number of carbonyl (C=O) groups is 1. The van der Waals surface area contributed by atoms with Crippen LogP contribution in [0.5, 0.6) is 5.88 Å². The summed E-state index contributed by atoms with van der Waals surface area (Å²) in [5, 5.41) is 4.60. The average molecular weight is 349 g/mol. The van der Waals surface area contributed by atoms with Crippen LogP contribution in [-0.4, -0.2) is 44.2 Å². The Morgan fingerprint density at radius 3 is 2.77 bits per heavy atom. The zero-order valence-corrected chi connectivity index (χ0v) is 14.7. The fraction of sp³-hybridized carbons (Fsp3) is 0.263. The van der Waals surface area contributed by atoms with Crippen molar-refractivity contribution in [2.75, 3.05) is 13.7 Å². The topological polar surface area (TPSA) is 73.1 Å². The molecule has 0 radical (unpaired) electrons. The second-order valence-electron chi connectivity index (χ2n) is 6.14. The number of benzene rings is 1. The number of hydrogen-bond donors (Lipinski definition) is 0. The SMILES string of the molecule is COc1cc(C(=O)N2CCn3nc(-c4ccccc4)nc3[C@@H]2C)ccn1. The molecule has 0 saturated carbocycles. The maximum atomic E-state index is 13.0. The van der Waals surface area contributed by atoms with Gasteiger partial charge in [0.15, 0.2) is 5.82 Å². The fourth-order valence-electron chi connectivity index (χ4n) is 3.17. The number of fused-ring (bicyclic) bond motifs is 1. The predicted molar refractivity (Wildman–Crippen MR) is 95.7 cm³/mol. The zero-order chi connectivity index (χ0) is 18.1. The Hall–Kier alpha value is -3.22. The molecule has 3 heterocycles. The molecule has 1 aliphatic heterocycles. The Morgan fingerprint density at radius 2 is 2.00 bits per heavy atom. The van der Waals surface area contributed by atoms with Gasteiger partial charge in [-0.3, -0.25) is 4.79 Å². The Morgan fingerprint density at radius 1 is 1.19 bits per heavy atom. The fourth-order valence-corrected chi connectivity index (χ4v) is 3.17. The van der Waals surface area contributed by atoms with Crippen LogP contribution in [0.15, 0.2) is 48.7 Å². The molecule has 7 heteroatoms. The number of pyridine rings is 1. The summed E-state index contributed by atoms with van der Waals surface area (Å²) in [4.78, 5) is 23.5. The minimum Gasteiger partial charge on any atom is -0.481 e. The molecule has 0 fully saturated rings. The van der Waals surface area contributed by atoms with Crippen LogP contribution in [0, 0.1) is 0 Å². The summed E-state index contributed by atoms with van der Waals surface area (Å²) in [7, 11) is 1.54. The highest BCUT2D eigenvalue weighted by Gasteiger charge is 2.31. The van der Waals surface area contributed by atoms with Crippen molar-refractivity contribution in [2.24, 2.45) is 0 Å². The highest BCUT2D eigenvalue weighted by Crippen LogP contribution is 2.27. The van der Waals surface area contributed by atoms with E-state index in [4.69, 9.17) is 4.74 Å². The third kappa shape index (κ3) is 2.81. The van der Waals surface area contributed by atoms with Crippen LogP contribution in [0.1, 0.15) is 29.1 Å². The maximum Gasteiger partial charge on any atom is 0.254 e. The first kappa shape index (κ1) is 16.3. The van der Waals surface area contributed by atoms with Crippen molar-refractivity contribution < 1.29 is 9.53 Å². The molecule has 0 aliphatic carbocycles. The van der Waals surface area contributed by atoms with Crippen LogP contribution in [0.25, 0.3) is 11.4 Å². The van der Waals surface area contributed by atoms with E-state index in [-0.39, 0.29) is 11.9 Å². The highest BCUT2D eigenvalue weighted by molar-refractivity contribution is 5.94. The smallest absolute Gasteiger partial charge is 0.254 e.